The molecule has 13 heavy (non-hydrogen) atoms. The third-order valence-electron chi connectivity index (χ3n) is 3.32. The molecule has 1 rings (SSSR count). The molecule has 80 valence electrons. The van der Waals surface area contributed by atoms with Crippen LogP contribution in [-0.2, 0) is 0 Å². The predicted molar refractivity (Wildman–Crippen MR) is 58.0 cm³/mol. The first-order chi connectivity index (χ1) is 5.43. The zero-order chi connectivity index (χ0) is 9.35. The second kappa shape index (κ2) is 4.63. The van der Waals surface area contributed by atoms with Crippen LogP contribution in [0.1, 0.15) is 40.0 Å². The fourth-order valence-electron chi connectivity index (χ4n) is 1.97. The smallest absolute Gasteiger partial charge is 0.0770 e. The maximum absolute atomic E-state index is 9.82. The highest BCUT2D eigenvalue weighted by atomic mass is 35.5. The van der Waals surface area contributed by atoms with E-state index in [1.807, 2.05) is 6.92 Å². The second-order valence-corrected chi connectivity index (χ2v) is 4.74. The molecule has 1 aliphatic rings. The second-order valence-electron chi connectivity index (χ2n) is 4.74. The highest BCUT2D eigenvalue weighted by Crippen LogP contribution is 2.34. The van der Waals surface area contributed by atoms with Gasteiger partial charge in [-0.3, -0.25) is 0 Å². The number of aliphatic hydroxyl groups is 1. The van der Waals surface area contributed by atoms with Crippen LogP contribution in [0.15, 0.2) is 0 Å². The highest BCUT2D eigenvalue weighted by molar-refractivity contribution is 5.85. The zero-order valence-corrected chi connectivity index (χ0v) is 9.60. The molecule has 0 bridgehead atoms. The molecule has 0 heterocycles. The highest BCUT2D eigenvalue weighted by Gasteiger charge is 2.36. The van der Waals surface area contributed by atoms with Gasteiger partial charge in [0.2, 0.25) is 0 Å². The van der Waals surface area contributed by atoms with E-state index in [4.69, 9.17) is 5.73 Å². The number of hydrogen-bond donors (Lipinski definition) is 2. The number of rotatable bonds is 1. The van der Waals surface area contributed by atoms with Crippen molar-refractivity contribution >= 4 is 12.4 Å². The quantitative estimate of drug-likeness (QED) is 0.691. The Morgan fingerprint density at radius 3 is 2.38 bits per heavy atom. The van der Waals surface area contributed by atoms with Gasteiger partial charge in [0.05, 0.1) is 5.60 Å². The fourth-order valence-corrected chi connectivity index (χ4v) is 1.97. The molecule has 3 N–H and O–H groups in total. The van der Waals surface area contributed by atoms with Crippen LogP contribution in [0, 0.1) is 11.8 Å². The van der Waals surface area contributed by atoms with Crippen LogP contribution in [-0.4, -0.2) is 16.7 Å². The van der Waals surface area contributed by atoms with Crippen LogP contribution >= 0.6 is 12.4 Å². The summed E-state index contributed by atoms with van der Waals surface area (Å²) in [6.07, 6.45) is 2.96. The molecule has 0 spiro atoms. The van der Waals surface area contributed by atoms with Crippen LogP contribution in [0.25, 0.3) is 0 Å². The largest absolute Gasteiger partial charge is 0.389 e. The lowest BCUT2D eigenvalue weighted by molar-refractivity contribution is -0.0172. The Morgan fingerprint density at radius 2 is 2.00 bits per heavy atom. The van der Waals surface area contributed by atoms with E-state index in [1.165, 1.54) is 0 Å². The van der Waals surface area contributed by atoms with Crippen molar-refractivity contribution in [3.8, 4) is 0 Å². The molecule has 3 atom stereocenters. The number of hydrogen-bond acceptors (Lipinski definition) is 2. The first-order valence-corrected chi connectivity index (χ1v) is 4.91. The van der Waals surface area contributed by atoms with E-state index in [2.05, 4.69) is 13.8 Å². The van der Waals surface area contributed by atoms with Crippen molar-refractivity contribution in [3.63, 3.8) is 0 Å². The van der Waals surface area contributed by atoms with Crippen molar-refractivity contribution < 1.29 is 5.11 Å². The van der Waals surface area contributed by atoms with Crippen LogP contribution in [0.3, 0.4) is 0 Å². The van der Waals surface area contributed by atoms with Crippen LogP contribution in [0.4, 0.5) is 0 Å². The van der Waals surface area contributed by atoms with Crippen LogP contribution in [0.2, 0.25) is 0 Å². The summed E-state index contributed by atoms with van der Waals surface area (Å²) < 4.78 is 0. The van der Waals surface area contributed by atoms with Crippen molar-refractivity contribution in [1.82, 2.24) is 0 Å². The predicted octanol–water partition coefficient (Wildman–Crippen LogP) is 1.94. The van der Waals surface area contributed by atoms with Crippen molar-refractivity contribution in [2.24, 2.45) is 17.6 Å². The van der Waals surface area contributed by atoms with Gasteiger partial charge in [0.15, 0.2) is 0 Å². The summed E-state index contributed by atoms with van der Waals surface area (Å²) in [5, 5.41) is 9.82. The number of nitrogens with two attached hydrogens (primary N) is 1. The lowest BCUT2D eigenvalue weighted by Crippen LogP contribution is -2.50. The number of halogens is 1. The third-order valence-corrected chi connectivity index (χ3v) is 3.32. The van der Waals surface area contributed by atoms with Crippen molar-refractivity contribution in [3.05, 3.63) is 0 Å². The summed E-state index contributed by atoms with van der Waals surface area (Å²) in [6.45, 7) is 6.32. The third kappa shape index (κ3) is 3.12. The normalized spacial score (nSPS) is 40.2. The molecule has 0 amide bonds. The Labute approximate surface area is 87.3 Å². The molecule has 0 radical (unpaired) electrons. The van der Waals surface area contributed by atoms with E-state index in [0.29, 0.717) is 11.8 Å². The van der Waals surface area contributed by atoms with E-state index in [1.54, 1.807) is 0 Å². The SMILES string of the molecule is CC(C)C1CCC(C)(O)C(N)C1.Cl. The van der Waals surface area contributed by atoms with E-state index in [0.717, 1.165) is 19.3 Å². The maximum Gasteiger partial charge on any atom is 0.0770 e. The van der Waals surface area contributed by atoms with Gasteiger partial charge in [0.25, 0.3) is 0 Å². The lowest BCUT2D eigenvalue weighted by atomic mass is 9.73. The van der Waals surface area contributed by atoms with Gasteiger partial charge in [0, 0.05) is 6.04 Å². The molecule has 0 aromatic carbocycles. The van der Waals surface area contributed by atoms with Gasteiger partial charge in [-0.2, -0.15) is 0 Å². The molecule has 3 heteroatoms. The van der Waals surface area contributed by atoms with Gasteiger partial charge in [0.1, 0.15) is 0 Å². The molecule has 0 aromatic heterocycles. The summed E-state index contributed by atoms with van der Waals surface area (Å²) in [5.41, 5.74) is 5.27. The summed E-state index contributed by atoms with van der Waals surface area (Å²) >= 11 is 0. The lowest BCUT2D eigenvalue weighted by Gasteiger charge is -2.40. The molecule has 0 saturated heterocycles. The average molecular weight is 208 g/mol. The summed E-state index contributed by atoms with van der Waals surface area (Å²) in [6, 6.07) is -0.0290. The molecule has 1 fully saturated rings. The van der Waals surface area contributed by atoms with E-state index >= 15 is 0 Å². The Morgan fingerprint density at radius 1 is 1.46 bits per heavy atom. The Bertz CT molecular complexity index is 159. The molecule has 1 aliphatic carbocycles. The minimum atomic E-state index is -0.620. The topological polar surface area (TPSA) is 46.2 Å². The van der Waals surface area contributed by atoms with Crippen molar-refractivity contribution in [2.75, 3.05) is 0 Å². The molecule has 0 aliphatic heterocycles. The van der Waals surface area contributed by atoms with Crippen molar-refractivity contribution in [2.45, 2.75) is 51.7 Å². The van der Waals surface area contributed by atoms with E-state index in [-0.39, 0.29) is 18.4 Å². The summed E-state index contributed by atoms with van der Waals surface area (Å²) in [7, 11) is 0. The van der Waals surface area contributed by atoms with E-state index in [9.17, 15) is 5.11 Å². The first kappa shape index (κ1) is 13.2. The summed E-state index contributed by atoms with van der Waals surface area (Å²) in [4.78, 5) is 0. The standard InChI is InChI=1S/C10H21NO.ClH/c1-7(2)8-4-5-10(3,12)9(11)6-8;/h7-9,12H,4-6,11H2,1-3H3;1H. The van der Waals surface area contributed by atoms with Gasteiger partial charge in [-0.05, 0) is 38.0 Å². The minimum Gasteiger partial charge on any atom is -0.389 e. The van der Waals surface area contributed by atoms with Crippen LogP contribution < -0.4 is 5.73 Å². The molecule has 0 aromatic rings. The van der Waals surface area contributed by atoms with Gasteiger partial charge in [-0.25, -0.2) is 0 Å². The van der Waals surface area contributed by atoms with Crippen molar-refractivity contribution in [1.29, 1.82) is 0 Å². The van der Waals surface area contributed by atoms with E-state index < -0.39 is 5.60 Å². The summed E-state index contributed by atoms with van der Waals surface area (Å²) in [5.74, 6) is 1.41. The molecule has 2 nitrogen and oxygen atoms in total. The maximum atomic E-state index is 9.82. The van der Waals surface area contributed by atoms with Gasteiger partial charge < -0.3 is 10.8 Å². The fraction of sp³-hybridized carbons (Fsp3) is 1.00. The Balaban J connectivity index is 0.00000144. The average Bonchev–Trinajstić information content (AvgIpc) is 1.94. The molecule has 3 unspecified atom stereocenters. The van der Waals surface area contributed by atoms with Gasteiger partial charge in [-0.15, -0.1) is 12.4 Å². The molecular weight excluding hydrogens is 186 g/mol. The minimum absolute atomic E-state index is 0. The Hall–Kier alpha value is 0.210. The first-order valence-electron chi connectivity index (χ1n) is 4.91. The molecule has 1 saturated carbocycles. The molecular formula is C10H22ClNO. The van der Waals surface area contributed by atoms with Crippen LogP contribution in [0.5, 0.6) is 0 Å². The zero-order valence-electron chi connectivity index (χ0n) is 8.79. The Kier molecular flexibility index (Phi) is 4.70. The van der Waals surface area contributed by atoms with Gasteiger partial charge >= 0.3 is 0 Å². The van der Waals surface area contributed by atoms with Gasteiger partial charge in [-0.1, -0.05) is 13.8 Å². The monoisotopic (exact) mass is 207 g/mol.